The van der Waals surface area contributed by atoms with Gasteiger partial charge in [-0.15, -0.1) is 0 Å². The molecule has 2 aromatic rings. The van der Waals surface area contributed by atoms with E-state index in [1.807, 2.05) is 0 Å². The standard InChI is InChI=1S/C13H18N6OS/c1-9(10-2-7-21-8-10)15-12-16-11(14)17-13(18-12)19-3-5-20-6-4-19/h2,7-9H,3-6H2,1H3,(H3,14,15,16,17,18). The first-order valence-electron chi connectivity index (χ1n) is 6.85. The number of ether oxygens (including phenoxy) is 1. The first-order valence-corrected chi connectivity index (χ1v) is 7.79. The number of aromatic nitrogens is 3. The Morgan fingerprint density at radius 3 is 2.86 bits per heavy atom. The second kappa shape index (κ2) is 6.23. The molecule has 1 saturated heterocycles. The summed E-state index contributed by atoms with van der Waals surface area (Å²) in [4.78, 5) is 14.9. The zero-order chi connectivity index (χ0) is 14.7. The molecule has 0 saturated carbocycles. The maximum absolute atomic E-state index is 5.80. The van der Waals surface area contributed by atoms with Gasteiger partial charge in [-0.2, -0.15) is 26.3 Å². The van der Waals surface area contributed by atoms with Crippen molar-refractivity contribution < 1.29 is 4.74 Å². The highest BCUT2D eigenvalue weighted by atomic mass is 32.1. The molecule has 8 heteroatoms. The third kappa shape index (κ3) is 3.40. The van der Waals surface area contributed by atoms with E-state index in [1.165, 1.54) is 5.56 Å². The number of nitrogens with one attached hydrogen (secondary N) is 1. The van der Waals surface area contributed by atoms with Crippen LogP contribution in [0.15, 0.2) is 16.8 Å². The van der Waals surface area contributed by atoms with Crippen molar-refractivity contribution in [1.29, 1.82) is 0 Å². The highest BCUT2D eigenvalue weighted by molar-refractivity contribution is 7.07. The molecule has 2 aromatic heterocycles. The molecule has 0 aromatic carbocycles. The molecule has 3 heterocycles. The van der Waals surface area contributed by atoms with E-state index in [0.717, 1.165) is 13.1 Å². The summed E-state index contributed by atoms with van der Waals surface area (Å²) in [6.45, 7) is 4.96. The summed E-state index contributed by atoms with van der Waals surface area (Å²) >= 11 is 1.67. The molecular formula is C13H18N6OS. The number of anilines is 3. The summed E-state index contributed by atoms with van der Waals surface area (Å²) in [7, 11) is 0. The van der Waals surface area contributed by atoms with Gasteiger partial charge >= 0.3 is 0 Å². The van der Waals surface area contributed by atoms with Crippen LogP contribution in [-0.4, -0.2) is 41.3 Å². The number of nitrogens with two attached hydrogens (primary N) is 1. The highest BCUT2D eigenvalue weighted by Gasteiger charge is 2.16. The van der Waals surface area contributed by atoms with Gasteiger partial charge in [0.1, 0.15) is 0 Å². The third-order valence-electron chi connectivity index (χ3n) is 3.32. The third-order valence-corrected chi connectivity index (χ3v) is 4.03. The molecule has 1 atom stereocenters. The molecule has 7 nitrogen and oxygen atoms in total. The average Bonchev–Trinajstić information content (AvgIpc) is 3.02. The monoisotopic (exact) mass is 306 g/mol. The van der Waals surface area contributed by atoms with Crippen molar-refractivity contribution in [1.82, 2.24) is 15.0 Å². The molecule has 1 aliphatic heterocycles. The fraction of sp³-hybridized carbons (Fsp3) is 0.462. The number of nitrogen functional groups attached to an aromatic ring is 1. The number of morpholine rings is 1. The van der Waals surface area contributed by atoms with Crippen molar-refractivity contribution in [2.75, 3.05) is 42.3 Å². The molecular weight excluding hydrogens is 288 g/mol. The largest absolute Gasteiger partial charge is 0.378 e. The lowest BCUT2D eigenvalue weighted by atomic mass is 10.2. The Kier molecular flexibility index (Phi) is 4.16. The smallest absolute Gasteiger partial charge is 0.232 e. The quantitative estimate of drug-likeness (QED) is 0.885. The van der Waals surface area contributed by atoms with Gasteiger partial charge in [-0.05, 0) is 29.3 Å². The fourth-order valence-electron chi connectivity index (χ4n) is 2.15. The van der Waals surface area contributed by atoms with Crippen molar-refractivity contribution in [3.05, 3.63) is 22.4 Å². The van der Waals surface area contributed by atoms with Gasteiger partial charge in [0, 0.05) is 13.1 Å². The second-order valence-electron chi connectivity index (χ2n) is 4.84. The minimum atomic E-state index is 0.121. The summed E-state index contributed by atoms with van der Waals surface area (Å²) < 4.78 is 5.34. The maximum atomic E-state index is 5.80. The number of nitrogens with zero attached hydrogens (tertiary/aromatic N) is 4. The van der Waals surface area contributed by atoms with Gasteiger partial charge < -0.3 is 20.7 Å². The zero-order valence-corrected chi connectivity index (χ0v) is 12.6. The summed E-state index contributed by atoms with van der Waals surface area (Å²) in [5, 5.41) is 7.42. The molecule has 0 spiro atoms. The van der Waals surface area contributed by atoms with E-state index >= 15 is 0 Å². The van der Waals surface area contributed by atoms with Crippen LogP contribution in [0.2, 0.25) is 0 Å². The predicted octanol–water partition coefficient (Wildman–Crippen LogP) is 1.52. The first kappa shape index (κ1) is 14.0. The van der Waals surface area contributed by atoms with Gasteiger partial charge in [-0.25, -0.2) is 0 Å². The Hall–Kier alpha value is -1.93. The molecule has 1 aliphatic rings. The fourth-order valence-corrected chi connectivity index (χ4v) is 2.90. The Morgan fingerprint density at radius 2 is 2.14 bits per heavy atom. The van der Waals surface area contributed by atoms with Crippen LogP contribution in [0.25, 0.3) is 0 Å². The summed E-state index contributed by atoms with van der Waals surface area (Å²) in [5.41, 5.74) is 7.00. The predicted molar refractivity (Wildman–Crippen MR) is 83.6 cm³/mol. The van der Waals surface area contributed by atoms with E-state index in [2.05, 4.69) is 48.9 Å². The number of thiophene rings is 1. The van der Waals surface area contributed by atoms with Crippen LogP contribution in [0, 0.1) is 0 Å². The van der Waals surface area contributed by atoms with Crippen molar-refractivity contribution in [2.24, 2.45) is 0 Å². The summed E-state index contributed by atoms with van der Waals surface area (Å²) in [6, 6.07) is 2.20. The second-order valence-corrected chi connectivity index (χ2v) is 5.62. The Bertz CT molecular complexity index is 584. The summed E-state index contributed by atoms with van der Waals surface area (Å²) in [5.74, 6) is 1.33. The van der Waals surface area contributed by atoms with E-state index in [-0.39, 0.29) is 12.0 Å². The Morgan fingerprint density at radius 1 is 1.33 bits per heavy atom. The minimum Gasteiger partial charge on any atom is -0.378 e. The molecule has 1 unspecified atom stereocenters. The maximum Gasteiger partial charge on any atom is 0.232 e. The molecule has 3 N–H and O–H groups in total. The van der Waals surface area contributed by atoms with Crippen LogP contribution in [0.1, 0.15) is 18.5 Å². The van der Waals surface area contributed by atoms with E-state index in [1.54, 1.807) is 11.3 Å². The Labute approximate surface area is 127 Å². The normalized spacial score (nSPS) is 16.7. The van der Waals surface area contributed by atoms with Crippen molar-refractivity contribution in [3.63, 3.8) is 0 Å². The van der Waals surface area contributed by atoms with Crippen LogP contribution in [0.5, 0.6) is 0 Å². The lowest BCUT2D eigenvalue weighted by Gasteiger charge is -2.27. The molecule has 112 valence electrons. The molecule has 21 heavy (non-hydrogen) atoms. The lowest BCUT2D eigenvalue weighted by Crippen LogP contribution is -2.37. The van der Waals surface area contributed by atoms with E-state index in [9.17, 15) is 0 Å². The van der Waals surface area contributed by atoms with Gasteiger partial charge in [0.15, 0.2) is 0 Å². The molecule has 0 aliphatic carbocycles. The molecule has 1 fully saturated rings. The molecule has 0 amide bonds. The number of hydrogen-bond donors (Lipinski definition) is 2. The SMILES string of the molecule is CC(Nc1nc(N)nc(N2CCOCC2)n1)c1ccsc1. The van der Waals surface area contributed by atoms with Crippen molar-refractivity contribution in [2.45, 2.75) is 13.0 Å². The van der Waals surface area contributed by atoms with Crippen LogP contribution in [-0.2, 0) is 4.74 Å². The van der Waals surface area contributed by atoms with E-state index in [4.69, 9.17) is 10.5 Å². The number of hydrogen-bond acceptors (Lipinski definition) is 8. The lowest BCUT2D eigenvalue weighted by molar-refractivity contribution is 0.122. The van der Waals surface area contributed by atoms with Crippen LogP contribution < -0.4 is 16.0 Å². The van der Waals surface area contributed by atoms with Crippen LogP contribution in [0.4, 0.5) is 17.8 Å². The average molecular weight is 306 g/mol. The topological polar surface area (TPSA) is 89.2 Å². The van der Waals surface area contributed by atoms with E-state index in [0.29, 0.717) is 25.1 Å². The Balaban J connectivity index is 1.77. The van der Waals surface area contributed by atoms with Crippen molar-refractivity contribution in [3.8, 4) is 0 Å². The van der Waals surface area contributed by atoms with Gasteiger partial charge in [-0.1, -0.05) is 0 Å². The van der Waals surface area contributed by atoms with Gasteiger partial charge in [-0.3, -0.25) is 0 Å². The number of rotatable bonds is 4. The van der Waals surface area contributed by atoms with Crippen LogP contribution >= 0.6 is 11.3 Å². The van der Waals surface area contributed by atoms with Gasteiger partial charge in [0.2, 0.25) is 17.8 Å². The van der Waals surface area contributed by atoms with Gasteiger partial charge in [0.25, 0.3) is 0 Å². The first-order chi connectivity index (χ1) is 10.2. The molecule has 3 rings (SSSR count). The van der Waals surface area contributed by atoms with Crippen molar-refractivity contribution >= 4 is 29.2 Å². The summed E-state index contributed by atoms with van der Waals surface area (Å²) in [6.07, 6.45) is 0. The van der Waals surface area contributed by atoms with E-state index < -0.39 is 0 Å². The van der Waals surface area contributed by atoms with Gasteiger partial charge in [0.05, 0.1) is 19.3 Å². The molecule has 0 radical (unpaired) electrons. The van der Waals surface area contributed by atoms with Crippen LogP contribution in [0.3, 0.4) is 0 Å². The molecule has 0 bridgehead atoms. The highest BCUT2D eigenvalue weighted by Crippen LogP contribution is 2.21. The minimum absolute atomic E-state index is 0.121. The zero-order valence-electron chi connectivity index (χ0n) is 11.8.